The summed E-state index contributed by atoms with van der Waals surface area (Å²) < 4.78 is 0. The van der Waals surface area contributed by atoms with Crippen molar-refractivity contribution in [1.82, 2.24) is 0 Å². The molecule has 0 radical (unpaired) electrons. The van der Waals surface area contributed by atoms with Crippen LogP contribution in [0.4, 0.5) is 5.69 Å². The Bertz CT molecular complexity index is 884. The van der Waals surface area contributed by atoms with E-state index in [0.29, 0.717) is 0 Å². The molecule has 0 aliphatic carbocycles. The number of hydrogen-bond acceptors (Lipinski definition) is 2. The monoisotopic (exact) mass is 315 g/mol. The minimum Gasteiger partial charge on any atom is -0.384 e. The molecule has 3 rings (SSSR count). The van der Waals surface area contributed by atoms with Gasteiger partial charge in [-0.1, -0.05) is 60.4 Å². The fraction of sp³-hybridized carbons (Fsp3) is 0.182. The molecule has 0 aliphatic rings. The van der Waals surface area contributed by atoms with E-state index in [-0.39, 0.29) is 6.61 Å². The summed E-state index contributed by atoms with van der Waals surface area (Å²) in [5, 5.41) is 11.4. The molecule has 0 atom stereocenters. The smallest absolute Gasteiger partial charge is 0.104 e. The Morgan fingerprint density at radius 2 is 1.75 bits per heavy atom. The molecular formula is C22H21NO. The van der Waals surface area contributed by atoms with E-state index < -0.39 is 0 Å². The van der Waals surface area contributed by atoms with Gasteiger partial charge in [0.1, 0.15) is 6.61 Å². The second-order valence-corrected chi connectivity index (χ2v) is 5.67. The Kier molecular flexibility index (Phi) is 5.15. The first-order valence-electron chi connectivity index (χ1n) is 8.23. The van der Waals surface area contributed by atoms with Gasteiger partial charge in [-0.2, -0.15) is 0 Å². The summed E-state index contributed by atoms with van der Waals surface area (Å²) in [4.78, 5) is 2.38. The second-order valence-electron chi connectivity index (χ2n) is 5.67. The Morgan fingerprint density at radius 1 is 0.958 bits per heavy atom. The Balaban J connectivity index is 1.92. The van der Waals surface area contributed by atoms with Crippen LogP contribution in [0.15, 0.2) is 66.7 Å². The minimum absolute atomic E-state index is 0.110. The molecule has 0 fully saturated rings. The van der Waals surface area contributed by atoms with Gasteiger partial charge in [-0.05, 0) is 36.1 Å². The highest BCUT2D eigenvalue weighted by Gasteiger charge is 2.09. The first kappa shape index (κ1) is 16.1. The number of rotatable bonds is 4. The molecule has 3 aromatic rings. The number of benzene rings is 3. The highest BCUT2D eigenvalue weighted by molar-refractivity contribution is 5.94. The topological polar surface area (TPSA) is 23.5 Å². The number of aliphatic hydroxyl groups is 1. The molecule has 0 aliphatic heterocycles. The summed E-state index contributed by atoms with van der Waals surface area (Å²) in [6.07, 6.45) is 0. The van der Waals surface area contributed by atoms with Crippen LogP contribution in [0.3, 0.4) is 0 Å². The molecular weight excluding hydrogens is 294 g/mol. The van der Waals surface area contributed by atoms with E-state index in [2.05, 4.69) is 78.3 Å². The molecule has 0 aromatic heterocycles. The normalized spacial score (nSPS) is 10.2. The van der Waals surface area contributed by atoms with E-state index in [1.807, 2.05) is 12.1 Å². The van der Waals surface area contributed by atoms with Gasteiger partial charge in [0, 0.05) is 29.7 Å². The zero-order valence-corrected chi connectivity index (χ0v) is 13.9. The van der Waals surface area contributed by atoms with Crippen LogP contribution in [0.5, 0.6) is 0 Å². The molecule has 0 unspecified atom stereocenters. The van der Waals surface area contributed by atoms with Gasteiger partial charge in [-0.15, -0.1) is 0 Å². The van der Waals surface area contributed by atoms with Gasteiger partial charge in [0.15, 0.2) is 0 Å². The van der Waals surface area contributed by atoms with E-state index in [4.69, 9.17) is 5.11 Å². The number of aliphatic hydroxyl groups excluding tert-OH is 1. The molecule has 120 valence electrons. The van der Waals surface area contributed by atoms with Crippen LogP contribution in [-0.2, 0) is 6.54 Å². The third-order valence-electron chi connectivity index (χ3n) is 4.10. The molecule has 0 heterocycles. The highest BCUT2D eigenvalue weighted by atomic mass is 16.2. The van der Waals surface area contributed by atoms with Crippen LogP contribution in [0.25, 0.3) is 10.8 Å². The summed E-state index contributed by atoms with van der Waals surface area (Å²) in [6, 6.07) is 23.1. The lowest BCUT2D eigenvalue weighted by atomic mass is 10.1. The quantitative estimate of drug-likeness (QED) is 0.729. The molecule has 0 saturated carbocycles. The molecule has 3 aromatic carbocycles. The number of nitrogens with zero attached hydrogens (tertiary/aromatic N) is 1. The molecule has 0 saturated heterocycles. The third kappa shape index (κ3) is 3.59. The van der Waals surface area contributed by atoms with Crippen LogP contribution < -0.4 is 4.90 Å². The lowest BCUT2D eigenvalue weighted by Crippen LogP contribution is -2.22. The van der Waals surface area contributed by atoms with Crippen molar-refractivity contribution in [2.45, 2.75) is 13.5 Å². The van der Waals surface area contributed by atoms with Gasteiger partial charge in [0.25, 0.3) is 0 Å². The molecule has 1 N–H and O–H groups in total. The predicted molar refractivity (Wildman–Crippen MR) is 101 cm³/mol. The van der Waals surface area contributed by atoms with Crippen LogP contribution >= 0.6 is 0 Å². The molecule has 0 amide bonds. The summed E-state index contributed by atoms with van der Waals surface area (Å²) in [5.74, 6) is 5.68. The Hall–Kier alpha value is -2.76. The number of anilines is 1. The summed E-state index contributed by atoms with van der Waals surface area (Å²) >= 11 is 0. The average molecular weight is 315 g/mol. The maximum absolute atomic E-state index is 8.85. The van der Waals surface area contributed by atoms with Crippen molar-refractivity contribution in [3.05, 3.63) is 77.9 Å². The first-order chi connectivity index (χ1) is 11.8. The fourth-order valence-electron chi connectivity index (χ4n) is 2.96. The Morgan fingerprint density at radius 3 is 2.58 bits per heavy atom. The maximum Gasteiger partial charge on any atom is 0.104 e. The summed E-state index contributed by atoms with van der Waals surface area (Å²) in [6.45, 7) is 3.83. The first-order valence-corrected chi connectivity index (χ1v) is 8.23. The van der Waals surface area contributed by atoms with Crippen molar-refractivity contribution < 1.29 is 5.11 Å². The minimum atomic E-state index is -0.110. The van der Waals surface area contributed by atoms with Crippen molar-refractivity contribution in [2.24, 2.45) is 0 Å². The SMILES string of the molecule is CCN(Cc1cccc(C#CCO)c1)c1cccc2ccccc12. The van der Waals surface area contributed by atoms with Gasteiger partial charge < -0.3 is 10.0 Å². The molecule has 0 spiro atoms. The fourth-order valence-corrected chi connectivity index (χ4v) is 2.96. The maximum atomic E-state index is 8.85. The highest BCUT2D eigenvalue weighted by Crippen LogP contribution is 2.27. The van der Waals surface area contributed by atoms with Gasteiger partial charge in [0.2, 0.25) is 0 Å². The van der Waals surface area contributed by atoms with Crippen LogP contribution in [0, 0.1) is 11.8 Å². The molecule has 2 nitrogen and oxygen atoms in total. The van der Waals surface area contributed by atoms with Crippen molar-refractivity contribution in [1.29, 1.82) is 0 Å². The lowest BCUT2D eigenvalue weighted by molar-refractivity contribution is 0.350. The third-order valence-corrected chi connectivity index (χ3v) is 4.10. The van der Waals surface area contributed by atoms with E-state index in [1.54, 1.807) is 0 Å². The average Bonchev–Trinajstić information content (AvgIpc) is 2.64. The van der Waals surface area contributed by atoms with E-state index in [9.17, 15) is 0 Å². The Labute approximate surface area is 143 Å². The van der Waals surface area contributed by atoms with Crippen molar-refractivity contribution in [2.75, 3.05) is 18.1 Å². The number of fused-ring (bicyclic) bond motifs is 1. The van der Waals surface area contributed by atoms with Gasteiger partial charge in [0.05, 0.1) is 0 Å². The van der Waals surface area contributed by atoms with Gasteiger partial charge >= 0.3 is 0 Å². The van der Waals surface area contributed by atoms with Crippen LogP contribution in [-0.4, -0.2) is 18.3 Å². The van der Waals surface area contributed by atoms with Crippen LogP contribution in [0.1, 0.15) is 18.1 Å². The summed E-state index contributed by atoms with van der Waals surface area (Å²) in [5.41, 5.74) is 3.41. The molecule has 2 heteroatoms. The standard InChI is InChI=1S/C22H21NO/c1-2-23(17-19-9-5-8-18(16-19)10-7-15-24)22-14-6-12-20-11-3-4-13-21(20)22/h3-6,8-9,11-14,16,24H,2,15,17H2,1H3. The largest absolute Gasteiger partial charge is 0.384 e. The lowest BCUT2D eigenvalue weighted by Gasteiger charge is -2.25. The van der Waals surface area contributed by atoms with E-state index in [0.717, 1.165) is 18.7 Å². The predicted octanol–water partition coefficient (Wildman–Crippen LogP) is 4.21. The molecule has 0 bridgehead atoms. The molecule has 24 heavy (non-hydrogen) atoms. The van der Waals surface area contributed by atoms with Crippen LogP contribution in [0.2, 0.25) is 0 Å². The summed E-state index contributed by atoms with van der Waals surface area (Å²) in [7, 11) is 0. The van der Waals surface area contributed by atoms with E-state index in [1.165, 1.54) is 22.0 Å². The van der Waals surface area contributed by atoms with Gasteiger partial charge in [-0.25, -0.2) is 0 Å². The van der Waals surface area contributed by atoms with E-state index >= 15 is 0 Å². The zero-order chi connectivity index (χ0) is 16.8. The number of hydrogen-bond donors (Lipinski definition) is 1. The zero-order valence-electron chi connectivity index (χ0n) is 13.9. The van der Waals surface area contributed by atoms with Crippen molar-refractivity contribution in [3.8, 4) is 11.8 Å². The second kappa shape index (κ2) is 7.68. The van der Waals surface area contributed by atoms with Gasteiger partial charge in [-0.3, -0.25) is 0 Å². The van der Waals surface area contributed by atoms with Crippen molar-refractivity contribution in [3.63, 3.8) is 0 Å². The van der Waals surface area contributed by atoms with Crippen molar-refractivity contribution >= 4 is 16.5 Å².